The van der Waals surface area contributed by atoms with Gasteiger partial charge in [-0.3, -0.25) is 0 Å². The molecule has 2 aromatic rings. The van der Waals surface area contributed by atoms with Crippen LogP contribution in [0.15, 0.2) is 41.4 Å². The van der Waals surface area contributed by atoms with E-state index < -0.39 is 5.82 Å². The fourth-order valence-corrected chi connectivity index (χ4v) is 3.37. The van der Waals surface area contributed by atoms with E-state index in [1.54, 1.807) is 29.4 Å². The lowest BCUT2D eigenvalue weighted by molar-refractivity contribution is 0.256. The fraction of sp³-hybridized carbons (Fsp3) is 0.391. The number of hydrogen-bond acceptors (Lipinski definition) is 4. The summed E-state index contributed by atoms with van der Waals surface area (Å²) in [6, 6.07) is 12.4. The maximum absolute atomic E-state index is 14.5. The number of likely N-dealkylation sites (tertiary alicyclic amines) is 1. The highest BCUT2D eigenvalue weighted by Crippen LogP contribution is 2.29. The van der Waals surface area contributed by atoms with Crippen LogP contribution in [0.5, 0.6) is 5.75 Å². The quantitative estimate of drug-likeness (QED) is 0.377. The van der Waals surface area contributed by atoms with Crippen molar-refractivity contribution >= 4 is 12.0 Å². The van der Waals surface area contributed by atoms with Crippen LogP contribution in [0.3, 0.4) is 0 Å². The van der Waals surface area contributed by atoms with Gasteiger partial charge < -0.3 is 14.5 Å². The molecule has 2 aromatic carbocycles. The third kappa shape index (κ3) is 5.78. The van der Waals surface area contributed by atoms with Crippen molar-refractivity contribution in [3.8, 4) is 22.9 Å². The first-order chi connectivity index (χ1) is 14.1. The third-order valence-corrected chi connectivity index (χ3v) is 4.88. The molecule has 1 aliphatic rings. The Morgan fingerprint density at radius 3 is 2.59 bits per heavy atom. The minimum Gasteiger partial charge on any atom is -0.490 e. The first-order valence-electron chi connectivity index (χ1n) is 9.96. The summed E-state index contributed by atoms with van der Waals surface area (Å²) in [5, 5.41) is 9.42. The van der Waals surface area contributed by atoms with Crippen LogP contribution >= 0.6 is 0 Å². The number of aliphatic imine (C=N–C) groups is 1. The summed E-state index contributed by atoms with van der Waals surface area (Å²) in [7, 11) is 3.73. The molecule has 1 fully saturated rings. The molecule has 0 saturated carbocycles. The first-order valence-corrected chi connectivity index (χ1v) is 9.96. The molecule has 3 rings (SSSR count). The van der Waals surface area contributed by atoms with Gasteiger partial charge in [-0.05, 0) is 67.7 Å². The number of ether oxygens (including phenoxy) is 1. The number of hydrogen-bond donors (Lipinski definition) is 0. The highest BCUT2D eigenvalue weighted by atomic mass is 19.1. The molecule has 1 aliphatic heterocycles. The molecular weight excluding hydrogens is 367 g/mol. The minimum absolute atomic E-state index is 0.267. The standard InChI is InChI=1S/C23H27FN4O/c1-27(2)17-26-22-8-6-18(14-20(22)16-25)19-7-9-23(21(24)15-19)29-13-5-12-28-10-3-4-11-28/h6-9,14-15,17H,3-5,10-13H2,1-2H3/b26-17-. The van der Waals surface area contributed by atoms with Gasteiger partial charge in [-0.15, -0.1) is 0 Å². The van der Waals surface area contributed by atoms with Gasteiger partial charge in [0.05, 0.1) is 24.2 Å². The Morgan fingerprint density at radius 2 is 1.90 bits per heavy atom. The van der Waals surface area contributed by atoms with Crippen LogP contribution in [-0.4, -0.2) is 56.5 Å². The predicted molar refractivity (Wildman–Crippen MR) is 114 cm³/mol. The second kappa shape index (κ2) is 10.0. The molecule has 0 aromatic heterocycles. The maximum atomic E-state index is 14.5. The van der Waals surface area contributed by atoms with E-state index in [0.717, 1.165) is 31.6 Å². The summed E-state index contributed by atoms with van der Waals surface area (Å²) in [6.07, 6.45) is 5.08. The van der Waals surface area contributed by atoms with Crippen molar-refractivity contribution in [3.63, 3.8) is 0 Å². The monoisotopic (exact) mass is 394 g/mol. The summed E-state index contributed by atoms with van der Waals surface area (Å²) >= 11 is 0. The lowest BCUT2D eigenvalue weighted by Crippen LogP contribution is -2.22. The van der Waals surface area contributed by atoms with Gasteiger partial charge in [-0.25, -0.2) is 9.38 Å². The highest BCUT2D eigenvalue weighted by molar-refractivity contribution is 5.72. The second-order valence-corrected chi connectivity index (χ2v) is 7.45. The summed E-state index contributed by atoms with van der Waals surface area (Å²) in [6.45, 7) is 3.82. The number of nitrogens with zero attached hydrogens (tertiary/aromatic N) is 4. The van der Waals surface area contributed by atoms with Crippen molar-refractivity contribution in [1.29, 1.82) is 5.26 Å². The van der Waals surface area contributed by atoms with Crippen LogP contribution in [0.25, 0.3) is 11.1 Å². The molecule has 0 spiro atoms. The number of halogens is 1. The van der Waals surface area contributed by atoms with Crippen molar-refractivity contribution in [2.75, 3.05) is 40.3 Å². The lowest BCUT2D eigenvalue weighted by Gasteiger charge is -2.15. The van der Waals surface area contributed by atoms with Crippen LogP contribution in [0.1, 0.15) is 24.8 Å². The molecule has 6 heteroatoms. The zero-order valence-corrected chi connectivity index (χ0v) is 17.1. The average molecular weight is 394 g/mol. The number of rotatable bonds is 8. The van der Waals surface area contributed by atoms with E-state index in [-0.39, 0.29) is 5.75 Å². The zero-order valence-electron chi connectivity index (χ0n) is 17.1. The van der Waals surface area contributed by atoms with Gasteiger partial charge in [0.15, 0.2) is 11.6 Å². The Bertz CT molecular complexity index is 898. The Labute approximate surface area is 172 Å². The lowest BCUT2D eigenvalue weighted by atomic mass is 10.0. The van der Waals surface area contributed by atoms with E-state index in [1.807, 2.05) is 26.2 Å². The van der Waals surface area contributed by atoms with Crippen molar-refractivity contribution < 1.29 is 9.13 Å². The smallest absolute Gasteiger partial charge is 0.165 e. The van der Waals surface area contributed by atoms with Crippen molar-refractivity contribution in [1.82, 2.24) is 9.80 Å². The molecule has 0 N–H and O–H groups in total. The Balaban J connectivity index is 1.65. The van der Waals surface area contributed by atoms with Gasteiger partial charge in [-0.1, -0.05) is 12.1 Å². The first kappa shape index (κ1) is 20.8. The van der Waals surface area contributed by atoms with Gasteiger partial charge in [0.1, 0.15) is 6.07 Å². The molecule has 152 valence electrons. The van der Waals surface area contributed by atoms with Crippen LogP contribution in [0, 0.1) is 17.1 Å². The Hall–Kier alpha value is -2.91. The molecule has 0 atom stereocenters. The molecule has 0 radical (unpaired) electrons. The van der Waals surface area contributed by atoms with Crippen molar-refractivity contribution in [3.05, 3.63) is 47.8 Å². The summed E-state index contributed by atoms with van der Waals surface area (Å²) < 4.78 is 20.1. The topological polar surface area (TPSA) is 51.9 Å². The van der Waals surface area contributed by atoms with E-state index in [4.69, 9.17) is 4.74 Å². The summed E-state index contributed by atoms with van der Waals surface area (Å²) in [5.74, 6) is -0.125. The Morgan fingerprint density at radius 1 is 1.17 bits per heavy atom. The number of nitriles is 1. The van der Waals surface area contributed by atoms with Gasteiger partial charge in [0.2, 0.25) is 0 Å². The van der Waals surface area contributed by atoms with Gasteiger partial charge in [0.25, 0.3) is 0 Å². The molecular formula is C23H27FN4O. The van der Waals surface area contributed by atoms with E-state index >= 15 is 0 Å². The molecule has 0 amide bonds. The van der Waals surface area contributed by atoms with Crippen molar-refractivity contribution in [2.24, 2.45) is 4.99 Å². The second-order valence-electron chi connectivity index (χ2n) is 7.45. The average Bonchev–Trinajstić information content (AvgIpc) is 3.24. The molecule has 0 aliphatic carbocycles. The van der Waals surface area contributed by atoms with E-state index in [2.05, 4.69) is 16.0 Å². The minimum atomic E-state index is -0.392. The largest absolute Gasteiger partial charge is 0.490 e. The van der Waals surface area contributed by atoms with Crippen LogP contribution in [-0.2, 0) is 0 Å². The highest BCUT2D eigenvalue weighted by Gasteiger charge is 2.12. The normalized spacial score (nSPS) is 14.3. The maximum Gasteiger partial charge on any atom is 0.165 e. The molecule has 1 saturated heterocycles. The van der Waals surface area contributed by atoms with E-state index in [9.17, 15) is 9.65 Å². The summed E-state index contributed by atoms with van der Waals surface area (Å²) in [4.78, 5) is 8.51. The predicted octanol–water partition coefficient (Wildman–Crippen LogP) is 4.45. The van der Waals surface area contributed by atoms with Crippen LogP contribution < -0.4 is 4.74 Å². The van der Waals surface area contributed by atoms with Gasteiger partial charge >= 0.3 is 0 Å². The molecule has 0 bridgehead atoms. The Kier molecular flexibility index (Phi) is 7.20. The third-order valence-electron chi connectivity index (χ3n) is 4.88. The van der Waals surface area contributed by atoms with Crippen LogP contribution in [0.4, 0.5) is 10.1 Å². The molecule has 5 nitrogen and oxygen atoms in total. The molecule has 29 heavy (non-hydrogen) atoms. The van der Waals surface area contributed by atoms with Crippen LogP contribution in [0.2, 0.25) is 0 Å². The van der Waals surface area contributed by atoms with E-state index in [1.165, 1.54) is 18.9 Å². The number of benzene rings is 2. The van der Waals surface area contributed by atoms with Crippen molar-refractivity contribution in [2.45, 2.75) is 19.3 Å². The molecule has 1 heterocycles. The van der Waals surface area contributed by atoms with Gasteiger partial charge in [0, 0.05) is 20.6 Å². The zero-order chi connectivity index (χ0) is 20.6. The fourth-order valence-electron chi connectivity index (χ4n) is 3.37. The van der Waals surface area contributed by atoms with E-state index in [0.29, 0.717) is 23.4 Å². The summed E-state index contributed by atoms with van der Waals surface area (Å²) in [5.41, 5.74) is 2.50. The molecule has 0 unspecified atom stereocenters. The SMILES string of the molecule is CN(C)/C=N\c1ccc(-c2ccc(OCCCN3CCCC3)c(F)c2)cc1C#N. The van der Waals surface area contributed by atoms with Gasteiger partial charge in [-0.2, -0.15) is 5.26 Å².